The number of para-hydroxylation sites is 1. The topological polar surface area (TPSA) is 50.4 Å². The summed E-state index contributed by atoms with van der Waals surface area (Å²) in [4.78, 5) is 11.9. The average molecular weight is 350 g/mol. The molecule has 25 heavy (non-hydrogen) atoms. The number of fused-ring (bicyclic) bond motifs is 1. The molecule has 1 amide bonds. The minimum absolute atomic E-state index is 0.110. The highest BCUT2D eigenvalue weighted by molar-refractivity contribution is 5.80. The Bertz CT molecular complexity index is 737. The van der Waals surface area contributed by atoms with Crippen LogP contribution in [0, 0.1) is 0 Å². The maximum absolute atomic E-state index is 12.7. The van der Waals surface area contributed by atoms with E-state index in [9.17, 15) is 18.0 Å². The normalized spacial score (nSPS) is 16.0. The number of carbonyl (C=O) groups is 1. The van der Waals surface area contributed by atoms with Gasteiger partial charge in [0.25, 0.3) is 0 Å². The molecule has 0 spiro atoms. The van der Waals surface area contributed by atoms with Gasteiger partial charge in [0.15, 0.2) is 0 Å². The molecule has 2 N–H and O–H groups in total. The second kappa shape index (κ2) is 7.04. The molecule has 2 aromatic rings. The Morgan fingerprint density at radius 1 is 1.16 bits per heavy atom. The zero-order valence-electron chi connectivity index (χ0n) is 13.3. The number of hydrogen-bond acceptors (Lipinski definition) is 3. The molecule has 0 bridgehead atoms. The van der Waals surface area contributed by atoms with E-state index >= 15 is 0 Å². The molecular weight excluding hydrogens is 333 g/mol. The van der Waals surface area contributed by atoms with Crippen LogP contribution in [0.4, 0.5) is 18.9 Å². The molecule has 132 valence electrons. The third-order valence-corrected chi connectivity index (χ3v) is 3.88. The van der Waals surface area contributed by atoms with Crippen molar-refractivity contribution >= 4 is 11.6 Å². The van der Waals surface area contributed by atoms with Crippen molar-refractivity contribution in [3.63, 3.8) is 0 Å². The summed E-state index contributed by atoms with van der Waals surface area (Å²) < 4.78 is 43.7. The molecule has 0 fully saturated rings. The van der Waals surface area contributed by atoms with Gasteiger partial charge in [-0.15, -0.1) is 0 Å². The Kier molecular flexibility index (Phi) is 4.83. The van der Waals surface area contributed by atoms with Crippen LogP contribution in [0.25, 0.3) is 0 Å². The lowest BCUT2D eigenvalue weighted by Crippen LogP contribution is -2.37. The Balaban J connectivity index is 1.45. The zero-order valence-corrected chi connectivity index (χ0v) is 13.3. The molecule has 1 aliphatic heterocycles. The first kappa shape index (κ1) is 17.1. The number of halogens is 3. The summed E-state index contributed by atoms with van der Waals surface area (Å²) in [7, 11) is 0. The Morgan fingerprint density at radius 3 is 2.72 bits per heavy atom. The van der Waals surface area contributed by atoms with Gasteiger partial charge in [-0.05, 0) is 29.8 Å². The van der Waals surface area contributed by atoms with Gasteiger partial charge in [0.2, 0.25) is 5.91 Å². The van der Waals surface area contributed by atoms with Crippen LogP contribution in [0.5, 0.6) is 5.75 Å². The van der Waals surface area contributed by atoms with Crippen molar-refractivity contribution < 1.29 is 22.7 Å². The molecule has 1 atom stereocenters. The van der Waals surface area contributed by atoms with E-state index in [0.717, 1.165) is 29.9 Å². The Labute approximate surface area is 143 Å². The minimum atomic E-state index is -4.41. The fourth-order valence-electron chi connectivity index (χ4n) is 2.65. The molecule has 0 aliphatic carbocycles. The maximum atomic E-state index is 12.7. The van der Waals surface area contributed by atoms with Crippen molar-refractivity contribution in [2.45, 2.75) is 18.7 Å². The Morgan fingerprint density at radius 2 is 1.96 bits per heavy atom. The molecule has 0 saturated heterocycles. The van der Waals surface area contributed by atoms with Gasteiger partial charge in [-0.1, -0.05) is 24.3 Å². The summed E-state index contributed by atoms with van der Waals surface area (Å²) >= 11 is 0. The van der Waals surface area contributed by atoms with Gasteiger partial charge in [0.05, 0.1) is 18.7 Å². The van der Waals surface area contributed by atoms with Crippen molar-refractivity contribution in [2.24, 2.45) is 0 Å². The fraction of sp³-hybridized carbons (Fsp3) is 0.278. The Hall–Kier alpha value is -2.70. The van der Waals surface area contributed by atoms with E-state index in [1.807, 2.05) is 24.3 Å². The molecule has 1 unspecified atom stereocenters. The molecule has 0 aromatic heterocycles. The van der Waals surface area contributed by atoms with Gasteiger partial charge < -0.3 is 15.4 Å². The van der Waals surface area contributed by atoms with Crippen LogP contribution >= 0.6 is 0 Å². The zero-order chi connectivity index (χ0) is 17.9. The van der Waals surface area contributed by atoms with Gasteiger partial charge in [0, 0.05) is 12.1 Å². The number of nitrogens with one attached hydrogen (secondary N) is 2. The van der Waals surface area contributed by atoms with Crippen molar-refractivity contribution in [3.8, 4) is 5.75 Å². The van der Waals surface area contributed by atoms with Crippen LogP contribution < -0.4 is 15.4 Å². The summed E-state index contributed by atoms with van der Waals surface area (Å²) in [5.74, 6) is 0.515. The highest BCUT2D eigenvalue weighted by Gasteiger charge is 2.30. The smallest absolute Gasteiger partial charge is 0.416 e. The van der Waals surface area contributed by atoms with E-state index in [4.69, 9.17) is 4.74 Å². The molecule has 1 aliphatic rings. The van der Waals surface area contributed by atoms with E-state index in [2.05, 4.69) is 10.6 Å². The van der Waals surface area contributed by atoms with E-state index in [1.165, 1.54) is 12.1 Å². The van der Waals surface area contributed by atoms with Crippen LogP contribution in [-0.4, -0.2) is 25.1 Å². The predicted octanol–water partition coefficient (Wildman–Crippen LogP) is 3.24. The standard InChI is InChI=1S/C18H17F3N2O2/c19-18(20,21)13-5-3-6-14(9-13)22-11-17(24)23-10-15-8-12-4-1-2-7-16(12)25-15/h1-7,9,15,22H,8,10-11H2,(H,23,24). The largest absolute Gasteiger partial charge is 0.488 e. The first-order valence-corrected chi connectivity index (χ1v) is 7.84. The summed E-state index contributed by atoms with van der Waals surface area (Å²) in [6.07, 6.45) is -3.82. The van der Waals surface area contributed by atoms with E-state index < -0.39 is 11.7 Å². The number of rotatable bonds is 5. The van der Waals surface area contributed by atoms with Gasteiger partial charge in [-0.2, -0.15) is 13.2 Å². The van der Waals surface area contributed by atoms with Crippen molar-refractivity contribution in [3.05, 3.63) is 59.7 Å². The van der Waals surface area contributed by atoms with E-state index in [1.54, 1.807) is 0 Å². The first-order valence-electron chi connectivity index (χ1n) is 7.84. The second-order valence-corrected chi connectivity index (χ2v) is 5.79. The number of hydrogen-bond donors (Lipinski definition) is 2. The van der Waals surface area contributed by atoms with Gasteiger partial charge in [-0.3, -0.25) is 4.79 Å². The number of ether oxygens (including phenoxy) is 1. The van der Waals surface area contributed by atoms with Crippen LogP contribution in [0.2, 0.25) is 0 Å². The van der Waals surface area contributed by atoms with Crippen LogP contribution in [0.3, 0.4) is 0 Å². The highest BCUT2D eigenvalue weighted by Crippen LogP contribution is 2.30. The highest BCUT2D eigenvalue weighted by atomic mass is 19.4. The molecule has 0 radical (unpaired) electrons. The summed E-state index contributed by atoms with van der Waals surface area (Å²) in [5.41, 5.74) is 0.591. The minimum Gasteiger partial charge on any atom is -0.488 e. The van der Waals surface area contributed by atoms with Gasteiger partial charge in [0.1, 0.15) is 11.9 Å². The molecule has 1 heterocycles. The van der Waals surface area contributed by atoms with Crippen molar-refractivity contribution in [1.82, 2.24) is 5.32 Å². The number of alkyl halides is 3. The molecule has 3 rings (SSSR count). The number of benzene rings is 2. The predicted molar refractivity (Wildman–Crippen MR) is 87.5 cm³/mol. The maximum Gasteiger partial charge on any atom is 0.416 e. The lowest BCUT2D eigenvalue weighted by Gasteiger charge is -2.13. The first-order chi connectivity index (χ1) is 11.9. The summed E-state index contributed by atoms with van der Waals surface area (Å²) in [6.45, 7) is 0.235. The second-order valence-electron chi connectivity index (χ2n) is 5.79. The molecular formula is C18H17F3N2O2. The van der Waals surface area contributed by atoms with Gasteiger partial charge >= 0.3 is 6.18 Å². The lowest BCUT2D eigenvalue weighted by molar-refractivity contribution is -0.137. The fourth-order valence-corrected chi connectivity index (χ4v) is 2.65. The monoisotopic (exact) mass is 350 g/mol. The molecule has 0 saturated carbocycles. The van der Waals surface area contributed by atoms with E-state index in [0.29, 0.717) is 6.54 Å². The van der Waals surface area contributed by atoms with Crippen LogP contribution in [0.1, 0.15) is 11.1 Å². The van der Waals surface area contributed by atoms with Crippen molar-refractivity contribution in [2.75, 3.05) is 18.4 Å². The van der Waals surface area contributed by atoms with Gasteiger partial charge in [-0.25, -0.2) is 0 Å². The molecule has 4 nitrogen and oxygen atoms in total. The number of anilines is 1. The SMILES string of the molecule is O=C(CNc1cccc(C(F)(F)F)c1)NCC1Cc2ccccc2O1. The van der Waals surface area contributed by atoms with Crippen molar-refractivity contribution in [1.29, 1.82) is 0 Å². The summed E-state index contributed by atoms with van der Waals surface area (Å²) in [6, 6.07) is 12.4. The number of carbonyl (C=O) groups excluding carboxylic acids is 1. The van der Waals surface area contributed by atoms with Crippen LogP contribution in [-0.2, 0) is 17.4 Å². The van der Waals surface area contributed by atoms with E-state index in [-0.39, 0.29) is 24.2 Å². The lowest BCUT2D eigenvalue weighted by atomic mass is 10.1. The molecule has 7 heteroatoms. The quantitative estimate of drug-likeness (QED) is 0.870. The average Bonchev–Trinajstić information content (AvgIpc) is 3.00. The third kappa shape index (κ3) is 4.43. The third-order valence-electron chi connectivity index (χ3n) is 3.88. The van der Waals surface area contributed by atoms with Crippen LogP contribution in [0.15, 0.2) is 48.5 Å². The summed E-state index contributed by atoms with van der Waals surface area (Å²) in [5, 5.41) is 5.42. The molecule has 2 aromatic carbocycles. The number of amides is 1.